The highest BCUT2D eigenvalue weighted by atomic mass is 16.5. The number of amides is 1. The summed E-state index contributed by atoms with van der Waals surface area (Å²) in [6.07, 6.45) is 6.22. The van der Waals surface area contributed by atoms with Crippen molar-refractivity contribution in [1.82, 2.24) is 30.0 Å². The Balaban J connectivity index is 1.24. The van der Waals surface area contributed by atoms with Crippen LogP contribution >= 0.6 is 0 Å². The number of ether oxygens (including phenoxy) is 1. The van der Waals surface area contributed by atoms with Crippen LogP contribution < -0.4 is 4.74 Å². The lowest BCUT2D eigenvalue weighted by atomic mass is 10.0. The summed E-state index contributed by atoms with van der Waals surface area (Å²) in [5.74, 6) is 2.08. The molecule has 0 atom stereocenters. The van der Waals surface area contributed by atoms with Crippen LogP contribution in [0.5, 0.6) is 5.88 Å². The Labute approximate surface area is 168 Å². The van der Waals surface area contributed by atoms with Crippen LogP contribution in [0, 0.1) is 13.8 Å². The number of hydrogen-bond acceptors (Lipinski definition) is 7. The van der Waals surface area contributed by atoms with Crippen LogP contribution in [-0.4, -0.2) is 55.1 Å². The van der Waals surface area contributed by atoms with Gasteiger partial charge in [-0.3, -0.25) is 4.79 Å². The minimum absolute atomic E-state index is 0.0338. The summed E-state index contributed by atoms with van der Waals surface area (Å²) in [4.78, 5) is 14.4. The van der Waals surface area contributed by atoms with Crippen molar-refractivity contribution in [2.24, 2.45) is 0 Å². The zero-order chi connectivity index (χ0) is 20.2. The van der Waals surface area contributed by atoms with Crippen LogP contribution in [0.1, 0.15) is 36.3 Å². The number of likely N-dealkylation sites (tertiary alicyclic amines) is 1. The molecule has 0 aliphatic carbocycles. The van der Waals surface area contributed by atoms with Gasteiger partial charge in [0.25, 0.3) is 0 Å². The number of aromatic nitrogens is 5. The van der Waals surface area contributed by atoms with E-state index in [-0.39, 0.29) is 12.0 Å². The normalized spacial score (nSPS) is 14.9. The largest absolute Gasteiger partial charge is 0.473 e. The minimum atomic E-state index is 0.0338. The molecule has 0 unspecified atom stereocenters. The first-order valence-electron chi connectivity index (χ1n) is 9.80. The first kappa shape index (κ1) is 19.1. The molecule has 4 rings (SSSR count). The fraction of sp³-hybridized carbons (Fsp3) is 0.450. The van der Waals surface area contributed by atoms with E-state index in [0.29, 0.717) is 37.6 Å². The van der Waals surface area contributed by atoms with Gasteiger partial charge in [-0.05, 0) is 32.4 Å². The van der Waals surface area contributed by atoms with Gasteiger partial charge in [-0.1, -0.05) is 5.16 Å². The van der Waals surface area contributed by atoms with Crippen LogP contribution in [0.4, 0.5) is 0 Å². The quantitative estimate of drug-likeness (QED) is 0.630. The number of carbonyl (C=O) groups excluding carboxylic acids is 1. The molecule has 4 heterocycles. The van der Waals surface area contributed by atoms with Gasteiger partial charge in [0.05, 0.1) is 5.69 Å². The topological polar surface area (TPSA) is 99.2 Å². The van der Waals surface area contributed by atoms with E-state index >= 15 is 0 Å². The Morgan fingerprint density at radius 1 is 1.24 bits per heavy atom. The van der Waals surface area contributed by atoms with Gasteiger partial charge in [-0.2, -0.15) is 5.10 Å². The Hall–Kier alpha value is -3.23. The zero-order valence-corrected chi connectivity index (χ0v) is 16.6. The van der Waals surface area contributed by atoms with E-state index in [0.717, 1.165) is 29.9 Å². The minimum Gasteiger partial charge on any atom is -0.473 e. The van der Waals surface area contributed by atoms with Crippen LogP contribution in [-0.2, 0) is 11.2 Å². The standard InChI is InChI=1S/C20H24N6O3/c1-14-17(15(2)29-24-14)4-7-20(27)25-12-8-16(9-13-25)28-19-6-5-18(22-23-19)26-11-3-10-21-26/h3,5-6,10-11,16H,4,7-9,12-13H2,1-2H3. The monoisotopic (exact) mass is 396 g/mol. The summed E-state index contributed by atoms with van der Waals surface area (Å²) < 4.78 is 12.8. The molecule has 3 aromatic heterocycles. The number of rotatable bonds is 6. The number of nitrogens with zero attached hydrogens (tertiary/aromatic N) is 6. The first-order valence-corrected chi connectivity index (χ1v) is 9.80. The SMILES string of the molecule is Cc1noc(C)c1CCC(=O)N1CCC(Oc2ccc(-n3cccn3)nn2)CC1. The Kier molecular flexibility index (Phi) is 5.55. The third-order valence-corrected chi connectivity index (χ3v) is 5.22. The molecule has 3 aromatic rings. The molecule has 1 amide bonds. The zero-order valence-electron chi connectivity index (χ0n) is 16.6. The van der Waals surface area contributed by atoms with Crippen LogP contribution in [0.2, 0.25) is 0 Å². The summed E-state index contributed by atoms with van der Waals surface area (Å²) in [7, 11) is 0. The lowest BCUT2D eigenvalue weighted by molar-refractivity contribution is -0.132. The molecule has 0 spiro atoms. The highest BCUT2D eigenvalue weighted by molar-refractivity contribution is 5.76. The average molecular weight is 396 g/mol. The van der Waals surface area contributed by atoms with E-state index in [4.69, 9.17) is 9.26 Å². The molecule has 0 bridgehead atoms. The van der Waals surface area contributed by atoms with Crippen molar-refractivity contribution in [3.63, 3.8) is 0 Å². The van der Waals surface area contributed by atoms with Gasteiger partial charge in [0.2, 0.25) is 11.8 Å². The second-order valence-electron chi connectivity index (χ2n) is 7.18. The van der Waals surface area contributed by atoms with Gasteiger partial charge in [0, 0.05) is 56.4 Å². The van der Waals surface area contributed by atoms with E-state index in [1.54, 1.807) is 16.9 Å². The number of piperidine rings is 1. The molecule has 9 heteroatoms. The molecule has 1 fully saturated rings. The molecule has 0 aromatic carbocycles. The highest BCUT2D eigenvalue weighted by Gasteiger charge is 2.24. The lowest BCUT2D eigenvalue weighted by Gasteiger charge is -2.32. The summed E-state index contributed by atoms with van der Waals surface area (Å²) in [6.45, 7) is 5.16. The third-order valence-electron chi connectivity index (χ3n) is 5.22. The highest BCUT2D eigenvalue weighted by Crippen LogP contribution is 2.19. The number of carbonyl (C=O) groups is 1. The van der Waals surface area contributed by atoms with Gasteiger partial charge in [0.1, 0.15) is 11.9 Å². The molecule has 1 aliphatic rings. The molecule has 1 saturated heterocycles. The number of aryl methyl sites for hydroxylation is 2. The Morgan fingerprint density at radius 3 is 2.69 bits per heavy atom. The van der Waals surface area contributed by atoms with Gasteiger partial charge < -0.3 is 14.2 Å². The first-order chi connectivity index (χ1) is 14.1. The molecule has 9 nitrogen and oxygen atoms in total. The van der Waals surface area contributed by atoms with Crippen molar-refractivity contribution in [3.8, 4) is 11.7 Å². The van der Waals surface area contributed by atoms with Crippen molar-refractivity contribution in [1.29, 1.82) is 0 Å². The molecule has 29 heavy (non-hydrogen) atoms. The molecule has 1 aliphatic heterocycles. The summed E-state index contributed by atoms with van der Waals surface area (Å²) in [5.41, 5.74) is 1.90. The summed E-state index contributed by atoms with van der Waals surface area (Å²) in [6, 6.07) is 5.45. The van der Waals surface area contributed by atoms with Gasteiger partial charge in [-0.25, -0.2) is 4.68 Å². The molecular weight excluding hydrogens is 372 g/mol. The fourth-order valence-corrected chi connectivity index (χ4v) is 3.55. The molecular formula is C20H24N6O3. The van der Waals surface area contributed by atoms with Crippen LogP contribution in [0.3, 0.4) is 0 Å². The molecule has 0 saturated carbocycles. The summed E-state index contributed by atoms with van der Waals surface area (Å²) in [5, 5.41) is 16.3. The van der Waals surface area contributed by atoms with Crippen molar-refractivity contribution < 1.29 is 14.1 Å². The summed E-state index contributed by atoms with van der Waals surface area (Å²) >= 11 is 0. The van der Waals surface area contributed by atoms with Crippen LogP contribution in [0.25, 0.3) is 5.82 Å². The Morgan fingerprint density at radius 2 is 2.07 bits per heavy atom. The van der Waals surface area contributed by atoms with Gasteiger partial charge >= 0.3 is 0 Å². The van der Waals surface area contributed by atoms with Gasteiger partial charge in [0.15, 0.2) is 5.82 Å². The number of hydrogen-bond donors (Lipinski definition) is 0. The van der Waals surface area contributed by atoms with Gasteiger partial charge in [-0.15, -0.1) is 10.2 Å². The maximum Gasteiger partial charge on any atom is 0.233 e. The van der Waals surface area contributed by atoms with E-state index in [9.17, 15) is 4.79 Å². The lowest BCUT2D eigenvalue weighted by Crippen LogP contribution is -2.42. The Bertz CT molecular complexity index is 924. The van der Waals surface area contributed by atoms with Crippen molar-refractivity contribution in [2.75, 3.05) is 13.1 Å². The van der Waals surface area contributed by atoms with E-state index < -0.39 is 0 Å². The average Bonchev–Trinajstić information content (AvgIpc) is 3.38. The van der Waals surface area contributed by atoms with Crippen molar-refractivity contribution in [3.05, 3.63) is 47.6 Å². The van der Waals surface area contributed by atoms with E-state index in [1.807, 2.05) is 37.1 Å². The maximum atomic E-state index is 12.5. The molecule has 152 valence electrons. The molecule has 0 radical (unpaired) electrons. The van der Waals surface area contributed by atoms with Crippen LogP contribution in [0.15, 0.2) is 35.1 Å². The second kappa shape index (κ2) is 8.42. The second-order valence-corrected chi connectivity index (χ2v) is 7.18. The van der Waals surface area contributed by atoms with Crippen molar-refractivity contribution in [2.45, 2.75) is 45.6 Å². The van der Waals surface area contributed by atoms with E-state index in [2.05, 4.69) is 20.5 Å². The van der Waals surface area contributed by atoms with Crippen molar-refractivity contribution >= 4 is 5.91 Å². The predicted octanol–water partition coefficient (Wildman–Crippen LogP) is 2.27. The predicted molar refractivity (Wildman–Crippen MR) is 104 cm³/mol. The smallest absolute Gasteiger partial charge is 0.233 e. The third kappa shape index (κ3) is 4.44. The van der Waals surface area contributed by atoms with E-state index in [1.165, 1.54) is 0 Å². The fourth-order valence-electron chi connectivity index (χ4n) is 3.55. The maximum absolute atomic E-state index is 12.5. The molecule has 0 N–H and O–H groups in total.